The molecule has 1 heterocycles. The van der Waals surface area contributed by atoms with Gasteiger partial charge < -0.3 is 5.11 Å². The van der Waals surface area contributed by atoms with E-state index < -0.39 is 5.97 Å². The van der Waals surface area contributed by atoms with E-state index in [0.717, 1.165) is 12.5 Å². The third-order valence-corrected chi connectivity index (χ3v) is 3.89. The molecule has 0 unspecified atom stereocenters. The second-order valence-corrected chi connectivity index (χ2v) is 5.13. The van der Waals surface area contributed by atoms with E-state index in [9.17, 15) is 4.79 Å². The number of likely N-dealkylation sites (tertiary alicyclic amines) is 1. The van der Waals surface area contributed by atoms with Crippen molar-refractivity contribution >= 4 is 5.97 Å². The number of aromatic carboxylic acids is 1. The molecule has 0 bridgehead atoms. The van der Waals surface area contributed by atoms with Crippen molar-refractivity contribution < 1.29 is 9.90 Å². The van der Waals surface area contributed by atoms with Gasteiger partial charge in [0.15, 0.2) is 0 Å². The van der Waals surface area contributed by atoms with E-state index in [1.54, 1.807) is 12.1 Å². The second-order valence-electron chi connectivity index (χ2n) is 5.13. The molecule has 1 N–H and O–H groups in total. The summed E-state index contributed by atoms with van der Waals surface area (Å²) in [5.41, 5.74) is 1.57. The monoisotopic (exact) mass is 247 g/mol. The van der Waals surface area contributed by atoms with Crippen LogP contribution in [0.4, 0.5) is 0 Å². The number of nitrogens with zero attached hydrogens (tertiary/aromatic N) is 1. The van der Waals surface area contributed by atoms with Crippen molar-refractivity contribution in [1.82, 2.24) is 4.90 Å². The van der Waals surface area contributed by atoms with Gasteiger partial charge in [-0.25, -0.2) is 4.79 Å². The Bertz CT molecular complexity index is 391. The van der Waals surface area contributed by atoms with Gasteiger partial charge in [-0.1, -0.05) is 25.5 Å². The molecule has 2 rings (SSSR count). The number of carbonyl (C=O) groups is 1. The lowest BCUT2D eigenvalue weighted by atomic mass is 9.94. The predicted molar refractivity (Wildman–Crippen MR) is 71.7 cm³/mol. The van der Waals surface area contributed by atoms with Crippen molar-refractivity contribution in [1.29, 1.82) is 0 Å². The van der Waals surface area contributed by atoms with Crippen molar-refractivity contribution in [2.45, 2.75) is 32.7 Å². The standard InChI is InChI=1S/C15H21NO2/c1-2-12-7-9-16(10-8-12)11-13-3-5-14(6-4-13)15(17)18/h3-6,12H,2,7-11H2,1H3,(H,17,18). The van der Waals surface area contributed by atoms with Gasteiger partial charge >= 0.3 is 5.97 Å². The molecule has 3 nitrogen and oxygen atoms in total. The highest BCUT2D eigenvalue weighted by Gasteiger charge is 2.17. The molecule has 0 saturated carbocycles. The highest BCUT2D eigenvalue weighted by Crippen LogP contribution is 2.21. The van der Waals surface area contributed by atoms with E-state index >= 15 is 0 Å². The number of hydrogen-bond donors (Lipinski definition) is 1. The molecular weight excluding hydrogens is 226 g/mol. The Kier molecular flexibility index (Phi) is 4.37. The van der Waals surface area contributed by atoms with Crippen LogP contribution in [0.25, 0.3) is 0 Å². The van der Waals surface area contributed by atoms with E-state index in [1.165, 1.54) is 37.9 Å². The Morgan fingerprint density at radius 1 is 1.28 bits per heavy atom. The molecule has 3 heteroatoms. The van der Waals surface area contributed by atoms with Crippen molar-refractivity contribution in [3.63, 3.8) is 0 Å². The maximum absolute atomic E-state index is 10.8. The molecule has 0 atom stereocenters. The average molecular weight is 247 g/mol. The van der Waals surface area contributed by atoms with E-state index in [0.29, 0.717) is 5.56 Å². The Hall–Kier alpha value is -1.35. The van der Waals surface area contributed by atoms with Crippen LogP contribution in [0.2, 0.25) is 0 Å². The maximum atomic E-state index is 10.8. The number of rotatable bonds is 4. The van der Waals surface area contributed by atoms with Crippen molar-refractivity contribution in [3.05, 3.63) is 35.4 Å². The molecule has 0 aromatic heterocycles. The average Bonchev–Trinajstić information content (AvgIpc) is 2.40. The van der Waals surface area contributed by atoms with Crippen LogP contribution in [-0.4, -0.2) is 29.1 Å². The molecule has 0 aliphatic carbocycles. The third-order valence-electron chi connectivity index (χ3n) is 3.89. The molecule has 1 aliphatic rings. The van der Waals surface area contributed by atoms with Gasteiger partial charge in [0.05, 0.1) is 5.56 Å². The van der Waals surface area contributed by atoms with Crippen molar-refractivity contribution in [2.75, 3.05) is 13.1 Å². The molecule has 1 saturated heterocycles. The first-order valence-electron chi connectivity index (χ1n) is 6.73. The molecule has 0 amide bonds. The lowest BCUT2D eigenvalue weighted by Gasteiger charge is -2.31. The first-order valence-corrected chi connectivity index (χ1v) is 6.73. The molecule has 1 aliphatic heterocycles. The van der Waals surface area contributed by atoms with Crippen LogP contribution in [0.3, 0.4) is 0 Å². The van der Waals surface area contributed by atoms with Crippen molar-refractivity contribution in [2.24, 2.45) is 5.92 Å². The minimum absolute atomic E-state index is 0.364. The Labute approximate surface area is 108 Å². The summed E-state index contributed by atoms with van der Waals surface area (Å²) in [6.45, 7) is 5.54. The number of benzene rings is 1. The highest BCUT2D eigenvalue weighted by atomic mass is 16.4. The van der Waals surface area contributed by atoms with Crippen LogP contribution in [0, 0.1) is 5.92 Å². The van der Waals surface area contributed by atoms with E-state index in [4.69, 9.17) is 5.11 Å². The van der Waals surface area contributed by atoms with Crippen LogP contribution in [-0.2, 0) is 6.54 Å². The Balaban J connectivity index is 1.88. The lowest BCUT2D eigenvalue weighted by Crippen LogP contribution is -2.32. The third kappa shape index (κ3) is 3.33. The SMILES string of the molecule is CCC1CCN(Cc2ccc(C(=O)O)cc2)CC1. The zero-order valence-corrected chi connectivity index (χ0v) is 10.9. The zero-order chi connectivity index (χ0) is 13.0. The lowest BCUT2D eigenvalue weighted by molar-refractivity contribution is 0.0697. The van der Waals surface area contributed by atoms with Gasteiger partial charge in [0.25, 0.3) is 0 Å². The quantitative estimate of drug-likeness (QED) is 0.889. The van der Waals surface area contributed by atoms with Crippen molar-refractivity contribution in [3.8, 4) is 0 Å². The first kappa shape index (κ1) is 13.1. The van der Waals surface area contributed by atoms with Gasteiger partial charge in [0, 0.05) is 6.54 Å². The molecular formula is C15H21NO2. The fourth-order valence-electron chi connectivity index (χ4n) is 2.56. The Morgan fingerprint density at radius 3 is 2.39 bits per heavy atom. The molecule has 1 aromatic carbocycles. The summed E-state index contributed by atoms with van der Waals surface area (Å²) in [4.78, 5) is 13.2. The predicted octanol–water partition coefficient (Wildman–Crippen LogP) is 3.01. The fourth-order valence-corrected chi connectivity index (χ4v) is 2.56. The van der Waals surface area contributed by atoms with E-state index in [2.05, 4.69) is 11.8 Å². The van der Waals surface area contributed by atoms with Crippen LogP contribution in [0.15, 0.2) is 24.3 Å². The minimum atomic E-state index is -0.856. The maximum Gasteiger partial charge on any atom is 0.335 e. The fraction of sp³-hybridized carbons (Fsp3) is 0.533. The Morgan fingerprint density at radius 2 is 1.89 bits per heavy atom. The molecule has 1 aromatic rings. The number of hydrogen-bond acceptors (Lipinski definition) is 2. The summed E-state index contributed by atoms with van der Waals surface area (Å²) in [6, 6.07) is 7.23. The van der Waals surface area contributed by atoms with Gasteiger partial charge in [-0.2, -0.15) is 0 Å². The molecule has 0 spiro atoms. The van der Waals surface area contributed by atoms with E-state index in [-0.39, 0.29) is 0 Å². The molecule has 18 heavy (non-hydrogen) atoms. The molecule has 0 radical (unpaired) electrons. The van der Waals surface area contributed by atoms with E-state index in [1.807, 2.05) is 12.1 Å². The summed E-state index contributed by atoms with van der Waals surface area (Å²) in [5.74, 6) is 0.0425. The largest absolute Gasteiger partial charge is 0.478 e. The van der Waals surface area contributed by atoms with Crippen LogP contribution in [0.1, 0.15) is 42.1 Å². The summed E-state index contributed by atoms with van der Waals surface area (Å²) in [6.07, 6.45) is 3.88. The summed E-state index contributed by atoms with van der Waals surface area (Å²) < 4.78 is 0. The highest BCUT2D eigenvalue weighted by molar-refractivity contribution is 5.87. The zero-order valence-electron chi connectivity index (χ0n) is 10.9. The number of carboxylic acid groups (broad SMARTS) is 1. The normalized spacial score (nSPS) is 17.8. The van der Waals surface area contributed by atoms with Gasteiger partial charge in [0.1, 0.15) is 0 Å². The van der Waals surface area contributed by atoms with Gasteiger partial charge in [-0.3, -0.25) is 4.90 Å². The van der Waals surface area contributed by atoms with Crippen LogP contribution >= 0.6 is 0 Å². The molecule has 98 valence electrons. The summed E-state index contributed by atoms with van der Waals surface area (Å²) in [5, 5.41) is 8.84. The number of piperidine rings is 1. The number of carboxylic acids is 1. The topological polar surface area (TPSA) is 40.5 Å². The molecule has 1 fully saturated rings. The van der Waals surface area contributed by atoms with Crippen LogP contribution < -0.4 is 0 Å². The first-order chi connectivity index (χ1) is 8.69. The minimum Gasteiger partial charge on any atom is -0.478 e. The second kappa shape index (κ2) is 6.01. The smallest absolute Gasteiger partial charge is 0.335 e. The van der Waals surface area contributed by atoms with Gasteiger partial charge in [-0.05, 0) is 49.5 Å². The van der Waals surface area contributed by atoms with Crippen LogP contribution in [0.5, 0.6) is 0 Å². The van der Waals surface area contributed by atoms with Gasteiger partial charge in [-0.15, -0.1) is 0 Å². The summed E-state index contributed by atoms with van der Waals surface area (Å²) in [7, 11) is 0. The summed E-state index contributed by atoms with van der Waals surface area (Å²) >= 11 is 0. The van der Waals surface area contributed by atoms with Gasteiger partial charge in [0.2, 0.25) is 0 Å².